The molecule has 2 fully saturated rings. The van der Waals surface area contributed by atoms with Crippen LogP contribution in [0.4, 0.5) is 0 Å². The van der Waals surface area contributed by atoms with Crippen molar-refractivity contribution in [1.82, 2.24) is 9.80 Å². The second kappa shape index (κ2) is 7.93. The van der Waals surface area contributed by atoms with Gasteiger partial charge in [0.25, 0.3) is 0 Å². The molecule has 0 radical (unpaired) electrons. The van der Waals surface area contributed by atoms with Crippen molar-refractivity contribution in [1.29, 1.82) is 0 Å². The molecule has 152 valence electrons. The first kappa shape index (κ1) is 19.5. The molecule has 7 nitrogen and oxygen atoms in total. The van der Waals surface area contributed by atoms with E-state index in [0.29, 0.717) is 62.3 Å². The molecule has 9 heteroatoms. The molecule has 1 atom stereocenters. The Morgan fingerprint density at radius 1 is 1.14 bits per heavy atom. The summed E-state index contributed by atoms with van der Waals surface area (Å²) < 4.78 is 34.4. The van der Waals surface area contributed by atoms with E-state index in [0.717, 1.165) is 5.56 Å². The van der Waals surface area contributed by atoms with Gasteiger partial charge in [0.2, 0.25) is 5.91 Å². The normalized spacial score (nSPS) is 24.6. The summed E-state index contributed by atoms with van der Waals surface area (Å²) in [5.41, 5.74) is 0.775. The summed E-state index contributed by atoms with van der Waals surface area (Å²) in [4.78, 5) is 16.5. The second-order valence-corrected chi connectivity index (χ2v) is 9.91. The number of hydrogen-bond donors (Lipinski definition) is 0. The Kier molecular flexibility index (Phi) is 5.53. The van der Waals surface area contributed by atoms with E-state index in [2.05, 4.69) is 4.90 Å². The van der Waals surface area contributed by atoms with E-state index in [4.69, 9.17) is 21.1 Å². The maximum Gasteiger partial charge on any atom is 0.246 e. The van der Waals surface area contributed by atoms with Gasteiger partial charge in [0, 0.05) is 38.3 Å². The van der Waals surface area contributed by atoms with Crippen LogP contribution < -0.4 is 9.47 Å². The average molecular weight is 427 g/mol. The summed E-state index contributed by atoms with van der Waals surface area (Å²) in [6.45, 7) is 3.55. The summed E-state index contributed by atoms with van der Waals surface area (Å²) in [5.74, 6) is 1.58. The second-order valence-electron chi connectivity index (χ2n) is 7.28. The minimum Gasteiger partial charge on any atom is -0.486 e. The van der Waals surface area contributed by atoms with Crippen LogP contribution in [0.2, 0.25) is 5.02 Å². The van der Waals surface area contributed by atoms with Gasteiger partial charge in [-0.15, -0.1) is 0 Å². The van der Waals surface area contributed by atoms with Gasteiger partial charge in [0.15, 0.2) is 21.3 Å². The molecule has 1 aromatic rings. The topological polar surface area (TPSA) is 76.2 Å². The monoisotopic (exact) mass is 426 g/mol. The fourth-order valence-electron chi connectivity index (χ4n) is 3.87. The molecule has 28 heavy (non-hydrogen) atoms. The number of ether oxygens (including phenoxy) is 2. The van der Waals surface area contributed by atoms with Crippen molar-refractivity contribution in [2.75, 3.05) is 50.9 Å². The zero-order chi connectivity index (χ0) is 19.7. The van der Waals surface area contributed by atoms with Crippen molar-refractivity contribution in [3.05, 3.63) is 28.8 Å². The molecular formula is C19H23ClN2O5S. The zero-order valence-electron chi connectivity index (χ0n) is 15.5. The molecule has 0 spiro atoms. The third-order valence-electron chi connectivity index (χ3n) is 5.39. The predicted octanol–water partition coefficient (Wildman–Crippen LogP) is 1.46. The summed E-state index contributed by atoms with van der Waals surface area (Å²) in [6.07, 6.45) is 3.96. The van der Waals surface area contributed by atoms with Gasteiger partial charge in [-0.1, -0.05) is 11.6 Å². The molecule has 1 unspecified atom stereocenters. The van der Waals surface area contributed by atoms with Gasteiger partial charge in [0.1, 0.15) is 13.2 Å². The molecule has 0 aromatic heterocycles. The van der Waals surface area contributed by atoms with Gasteiger partial charge in [-0.3, -0.25) is 9.69 Å². The molecule has 1 amide bonds. The molecule has 3 aliphatic heterocycles. The van der Waals surface area contributed by atoms with E-state index in [1.54, 1.807) is 17.0 Å². The molecule has 2 saturated heterocycles. The van der Waals surface area contributed by atoms with E-state index in [-0.39, 0.29) is 23.5 Å². The van der Waals surface area contributed by atoms with Crippen LogP contribution in [0.3, 0.4) is 0 Å². The number of amides is 1. The van der Waals surface area contributed by atoms with E-state index in [9.17, 15) is 13.2 Å². The van der Waals surface area contributed by atoms with Crippen molar-refractivity contribution >= 4 is 33.4 Å². The quantitative estimate of drug-likeness (QED) is 0.681. The van der Waals surface area contributed by atoms with Gasteiger partial charge < -0.3 is 14.4 Å². The van der Waals surface area contributed by atoms with Crippen molar-refractivity contribution in [2.45, 2.75) is 12.5 Å². The largest absolute Gasteiger partial charge is 0.486 e. The molecule has 1 aromatic carbocycles. The number of sulfone groups is 1. The summed E-state index contributed by atoms with van der Waals surface area (Å²) in [6, 6.07) is 3.65. The van der Waals surface area contributed by atoms with Crippen LogP contribution >= 0.6 is 11.6 Å². The van der Waals surface area contributed by atoms with Gasteiger partial charge >= 0.3 is 0 Å². The lowest BCUT2D eigenvalue weighted by atomic mass is 10.1. The summed E-state index contributed by atoms with van der Waals surface area (Å²) in [7, 11) is -2.89. The third-order valence-corrected chi connectivity index (χ3v) is 7.42. The van der Waals surface area contributed by atoms with Crippen LogP contribution in [-0.4, -0.2) is 81.1 Å². The van der Waals surface area contributed by atoms with E-state index in [1.165, 1.54) is 6.08 Å². The molecule has 4 rings (SSSR count). The van der Waals surface area contributed by atoms with E-state index >= 15 is 0 Å². The molecule has 0 N–H and O–H groups in total. The number of rotatable bonds is 3. The number of hydrogen-bond acceptors (Lipinski definition) is 6. The minimum atomic E-state index is -2.89. The molecule has 0 saturated carbocycles. The maximum absolute atomic E-state index is 12.5. The number of piperazine rings is 1. The standard InChI is InChI=1S/C19H23ClN2O5S/c20-16-11-14(12-17-19(16)27-9-8-26-17)1-2-18(23)22-6-4-21(5-7-22)15-3-10-28(24,25)13-15/h1-2,11-12,15H,3-10,13H2/b2-1+. The number of benzene rings is 1. The number of carbonyl (C=O) groups is 1. The van der Waals surface area contributed by atoms with Gasteiger partial charge in [-0.2, -0.15) is 0 Å². The number of carbonyl (C=O) groups excluding carboxylic acids is 1. The Morgan fingerprint density at radius 2 is 1.89 bits per heavy atom. The van der Waals surface area contributed by atoms with Crippen LogP contribution in [0.5, 0.6) is 11.5 Å². The van der Waals surface area contributed by atoms with Crippen LogP contribution in [0.1, 0.15) is 12.0 Å². The summed E-state index contributed by atoms with van der Waals surface area (Å²) in [5, 5.41) is 0.462. The lowest BCUT2D eigenvalue weighted by molar-refractivity contribution is -0.127. The fourth-order valence-corrected chi connectivity index (χ4v) is 5.91. The molecule has 3 heterocycles. The van der Waals surface area contributed by atoms with E-state index in [1.807, 2.05) is 6.07 Å². The van der Waals surface area contributed by atoms with Crippen molar-refractivity contribution in [3.8, 4) is 11.5 Å². The highest BCUT2D eigenvalue weighted by Gasteiger charge is 2.34. The number of halogens is 1. The van der Waals surface area contributed by atoms with Crippen molar-refractivity contribution in [3.63, 3.8) is 0 Å². The highest BCUT2D eigenvalue weighted by atomic mass is 35.5. The predicted molar refractivity (Wildman–Crippen MR) is 107 cm³/mol. The lowest BCUT2D eigenvalue weighted by Gasteiger charge is -2.37. The van der Waals surface area contributed by atoms with Crippen LogP contribution in [0.15, 0.2) is 18.2 Å². The van der Waals surface area contributed by atoms with Crippen LogP contribution in [0.25, 0.3) is 6.08 Å². The highest BCUT2D eigenvalue weighted by Crippen LogP contribution is 2.38. The molecular weight excluding hydrogens is 404 g/mol. The highest BCUT2D eigenvalue weighted by molar-refractivity contribution is 7.91. The maximum atomic E-state index is 12.5. The van der Waals surface area contributed by atoms with Crippen LogP contribution in [0, 0.1) is 0 Å². The zero-order valence-corrected chi connectivity index (χ0v) is 17.0. The Bertz CT molecular complexity index is 894. The number of fused-ring (bicyclic) bond motifs is 1. The van der Waals surface area contributed by atoms with Crippen molar-refractivity contribution < 1.29 is 22.7 Å². The Hall–Kier alpha value is -1.77. The number of nitrogens with zero attached hydrogens (tertiary/aromatic N) is 2. The first-order valence-corrected chi connectivity index (χ1v) is 11.6. The minimum absolute atomic E-state index is 0.0651. The molecule has 0 bridgehead atoms. The van der Waals surface area contributed by atoms with Crippen LogP contribution in [-0.2, 0) is 14.6 Å². The third kappa shape index (κ3) is 4.29. The molecule has 3 aliphatic rings. The lowest BCUT2D eigenvalue weighted by Crippen LogP contribution is -2.52. The SMILES string of the molecule is O=C(/C=C/c1cc(Cl)c2c(c1)OCCO2)N1CCN(C2CCS(=O)(=O)C2)CC1. The average Bonchev–Trinajstić information content (AvgIpc) is 3.06. The smallest absolute Gasteiger partial charge is 0.246 e. The van der Waals surface area contributed by atoms with Crippen molar-refractivity contribution in [2.24, 2.45) is 0 Å². The van der Waals surface area contributed by atoms with Gasteiger partial charge in [-0.05, 0) is 30.2 Å². The Morgan fingerprint density at radius 3 is 2.61 bits per heavy atom. The first-order chi connectivity index (χ1) is 13.4. The van der Waals surface area contributed by atoms with Gasteiger partial charge in [0.05, 0.1) is 16.5 Å². The first-order valence-electron chi connectivity index (χ1n) is 9.42. The van der Waals surface area contributed by atoms with Gasteiger partial charge in [-0.25, -0.2) is 8.42 Å². The summed E-state index contributed by atoms with van der Waals surface area (Å²) >= 11 is 6.23. The molecule has 0 aliphatic carbocycles. The fraction of sp³-hybridized carbons (Fsp3) is 0.526. The Labute approximate surface area is 169 Å². The van der Waals surface area contributed by atoms with E-state index < -0.39 is 9.84 Å². The Balaban J connectivity index is 1.34.